The SMILES string of the molecule is COc1ncccc1CN(C)C1CC2CCC(C1)N2. The summed E-state index contributed by atoms with van der Waals surface area (Å²) in [5.74, 6) is 0.756. The van der Waals surface area contributed by atoms with E-state index in [0.717, 1.165) is 24.5 Å². The Bertz CT molecular complexity index is 425. The van der Waals surface area contributed by atoms with Crippen molar-refractivity contribution in [3.63, 3.8) is 0 Å². The van der Waals surface area contributed by atoms with Crippen LogP contribution >= 0.6 is 0 Å². The third-order valence-electron chi connectivity index (χ3n) is 4.53. The highest BCUT2D eigenvalue weighted by Crippen LogP contribution is 2.30. The molecule has 2 atom stereocenters. The molecule has 2 saturated heterocycles. The van der Waals surface area contributed by atoms with Gasteiger partial charge in [0.1, 0.15) is 0 Å². The summed E-state index contributed by atoms with van der Waals surface area (Å²) in [7, 11) is 3.92. The van der Waals surface area contributed by atoms with Crippen LogP contribution in [0.5, 0.6) is 5.88 Å². The number of fused-ring (bicyclic) bond motifs is 2. The van der Waals surface area contributed by atoms with E-state index in [1.54, 1.807) is 13.3 Å². The van der Waals surface area contributed by atoms with Gasteiger partial charge in [-0.25, -0.2) is 4.98 Å². The first-order valence-corrected chi connectivity index (χ1v) is 7.20. The highest BCUT2D eigenvalue weighted by molar-refractivity contribution is 5.25. The van der Waals surface area contributed by atoms with Crippen LogP contribution in [0.1, 0.15) is 31.2 Å². The van der Waals surface area contributed by atoms with E-state index in [2.05, 4.69) is 28.3 Å². The van der Waals surface area contributed by atoms with Crippen molar-refractivity contribution in [2.75, 3.05) is 14.2 Å². The minimum Gasteiger partial charge on any atom is -0.481 e. The summed E-state index contributed by atoms with van der Waals surface area (Å²) < 4.78 is 5.34. The van der Waals surface area contributed by atoms with Gasteiger partial charge in [0, 0.05) is 36.4 Å². The van der Waals surface area contributed by atoms with Crippen molar-refractivity contribution in [1.82, 2.24) is 15.2 Å². The molecule has 1 aromatic heterocycles. The molecule has 3 rings (SSSR count). The van der Waals surface area contributed by atoms with Gasteiger partial charge in [0.2, 0.25) is 5.88 Å². The van der Waals surface area contributed by atoms with Gasteiger partial charge in [0.25, 0.3) is 0 Å². The molecule has 4 heteroatoms. The maximum Gasteiger partial charge on any atom is 0.217 e. The average molecular weight is 261 g/mol. The van der Waals surface area contributed by atoms with Crippen molar-refractivity contribution in [3.05, 3.63) is 23.9 Å². The lowest BCUT2D eigenvalue weighted by Gasteiger charge is -2.35. The quantitative estimate of drug-likeness (QED) is 0.897. The van der Waals surface area contributed by atoms with Crippen molar-refractivity contribution in [1.29, 1.82) is 0 Å². The van der Waals surface area contributed by atoms with Gasteiger partial charge in [0.05, 0.1) is 7.11 Å². The zero-order valence-electron chi connectivity index (χ0n) is 11.8. The number of ether oxygens (including phenoxy) is 1. The molecule has 4 nitrogen and oxygen atoms in total. The van der Waals surface area contributed by atoms with Crippen molar-refractivity contribution in [3.8, 4) is 5.88 Å². The van der Waals surface area contributed by atoms with Crippen LogP contribution in [-0.2, 0) is 6.54 Å². The fraction of sp³-hybridized carbons (Fsp3) is 0.667. The van der Waals surface area contributed by atoms with E-state index in [1.807, 2.05) is 6.07 Å². The summed E-state index contributed by atoms with van der Waals surface area (Å²) in [4.78, 5) is 6.74. The number of piperidine rings is 1. The number of rotatable bonds is 4. The second kappa shape index (κ2) is 5.47. The fourth-order valence-corrected chi connectivity index (χ4v) is 3.51. The summed E-state index contributed by atoms with van der Waals surface area (Å²) in [6.07, 6.45) is 7.04. The molecular weight excluding hydrogens is 238 g/mol. The van der Waals surface area contributed by atoms with Crippen molar-refractivity contribution < 1.29 is 4.74 Å². The first kappa shape index (κ1) is 12.9. The Balaban J connectivity index is 1.66. The maximum absolute atomic E-state index is 5.34. The van der Waals surface area contributed by atoms with E-state index >= 15 is 0 Å². The molecule has 0 amide bonds. The predicted octanol–water partition coefficient (Wildman–Crippen LogP) is 1.80. The molecule has 19 heavy (non-hydrogen) atoms. The van der Waals surface area contributed by atoms with E-state index in [-0.39, 0.29) is 0 Å². The second-order valence-electron chi connectivity index (χ2n) is 5.85. The smallest absolute Gasteiger partial charge is 0.217 e. The summed E-state index contributed by atoms with van der Waals surface area (Å²) >= 11 is 0. The van der Waals surface area contributed by atoms with E-state index < -0.39 is 0 Å². The first-order chi connectivity index (χ1) is 9.26. The highest BCUT2D eigenvalue weighted by atomic mass is 16.5. The average Bonchev–Trinajstić information content (AvgIpc) is 2.78. The largest absolute Gasteiger partial charge is 0.481 e. The number of pyridine rings is 1. The van der Waals surface area contributed by atoms with Gasteiger partial charge in [-0.3, -0.25) is 4.90 Å². The van der Waals surface area contributed by atoms with Gasteiger partial charge >= 0.3 is 0 Å². The van der Waals surface area contributed by atoms with Crippen LogP contribution in [0.15, 0.2) is 18.3 Å². The van der Waals surface area contributed by atoms with Gasteiger partial charge in [0.15, 0.2) is 0 Å². The Labute approximate surface area is 115 Å². The molecule has 0 radical (unpaired) electrons. The summed E-state index contributed by atoms with van der Waals surface area (Å²) in [6.45, 7) is 0.918. The number of aromatic nitrogens is 1. The van der Waals surface area contributed by atoms with E-state index in [0.29, 0.717) is 6.04 Å². The molecule has 1 N–H and O–H groups in total. The van der Waals surface area contributed by atoms with E-state index in [9.17, 15) is 0 Å². The fourth-order valence-electron chi connectivity index (χ4n) is 3.51. The van der Waals surface area contributed by atoms with Gasteiger partial charge < -0.3 is 10.1 Å². The van der Waals surface area contributed by atoms with Crippen LogP contribution in [0.2, 0.25) is 0 Å². The molecule has 3 heterocycles. The summed E-state index contributed by atoms with van der Waals surface area (Å²) in [5, 5.41) is 3.70. The molecule has 0 spiro atoms. The van der Waals surface area contributed by atoms with Gasteiger partial charge in [-0.1, -0.05) is 6.07 Å². The first-order valence-electron chi connectivity index (χ1n) is 7.20. The number of methoxy groups -OCH3 is 1. The number of nitrogens with zero attached hydrogens (tertiary/aromatic N) is 2. The molecule has 2 bridgehead atoms. The molecular formula is C15H23N3O. The van der Waals surface area contributed by atoms with Gasteiger partial charge in [-0.15, -0.1) is 0 Å². The van der Waals surface area contributed by atoms with Crippen LogP contribution < -0.4 is 10.1 Å². The molecule has 0 saturated carbocycles. The van der Waals surface area contributed by atoms with Gasteiger partial charge in [-0.2, -0.15) is 0 Å². The van der Waals surface area contributed by atoms with Crippen molar-refractivity contribution in [2.45, 2.75) is 50.4 Å². The number of hydrogen-bond acceptors (Lipinski definition) is 4. The third kappa shape index (κ3) is 2.74. The molecule has 2 unspecified atom stereocenters. The highest BCUT2D eigenvalue weighted by Gasteiger charge is 2.35. The summed E-state index contributed by atoms with van der Waals surface area (Å²) in [6, 6.07) is 6.25. The minimum atomic E-state index is 0.684. The topological polar surface area (TPSA) is 37.4 Å². The molecule has 2 fully saturated rings. The van der Waals surface area contributed by atoms with Crippen LogP contribution in [-0.4, -0.2) is 42.2 Å². The molecule has 1 aromatic rings. The van der Waals surface area contributed by atoms with Crippen molar-refractivity contribution >= 4 is 0 Å². The lowest BCUT2D eigenvalue weighted by molar-refractivity contribution is 0.164. The minimum absolute atomic E-state index is 0.684. The monoisotopic (exact) mass is 261 g/mol. The number of hydrogen-bond donors (Lipinski definition) is 1. The van der Waals surface area contributed by atoms with Crippen LogP contribution in [0.25, 0.3) is 0 Å². The standard InChI is InChI=1S/C15H23N3O/c1-18(10-11-4-3-7-16-15(11)19-2)14-8-12-5-6-13(9-14)17-12/h3-4,7,12-14,17H,5-6,8-10H2,1-2H3. The normalized spacial score (nSPS) is 29.7. The Kier molecular flexibility index (Phi) is 3.71. The Morgan fingerprint density at radius 2 is 2.11 bits per heavy atom. The number of nitrogens with one attached hydrogen (secondary N) is 1. The Morgan fingerprint density at radius 3 is 2.79 bits per heavy atom. The van der Waals surface area contributed by atoms with Gasteiger partial charge in [-0.05, 0) is 38.8 Å². The lowest BCUT2D eigenvalue weighted by Crippen LogP contribution is -2.46. The predicted molar refractivity (Wildman–Crippen MR) is 75.2 cm³/mol. The maximum atomic E-state index is 5.34. The zero-order chi connectivity index (χ0) is 13.2. The zero-order valence-corrected chi connectivity index (χ0v) is 11.8. The third-order valence-corrected chi connectivity index (χ3v) is 4.53. The lowest BCUT2D eigenvalue weighted by atomic mass is 9.98. The van der Waals surface area contributed by atoms with Crippen LogP contribution in [0.4, 0.5) is 0 Å². The molecule has 2 aliphatic rings. The summed E-state index contributed by atoms with van der Waals surface area (Å²) in [5.41, 5.74) is 1.18. The molecule has 0 aliphatic carbocycles. The Morgan fingerprint density at radius 1 is 1.37 bits per heavy atom. The van der Waals surface area contributed by atoms with E-state index in [4.69, 9.17) is 4.74 Å². The van der Waals surface area contributed by atoms with Crippen LogP contribution in [0, 0.1) is 0 Å². The van der Waals surface area contributed by atoms with Crippen molar-refractivity contribution in [2.24, 2.45) is 0 Å². The molecule has 104 valence electrons. The Hall–Kier alpha value is -1.13. The molecule has 0 aromatic carbocycles. The second-order valence-corrected chi connectivity index (χ2v) is 5.85. The molecule has 2 aliphatic heterocycles. The van der Waals surface area contributed by atoms with E-state index in [1.165, 1.54) is 31.2 Å². The van der Waals surface area contributed by atoms with Crippen LogP contribution in [0.3, 0.4) is 0 Å².